The lowest BCUT2D eigenvalue weighted by atomic mass is 9.99. The molecular formula is C14H10Cl2O2. The molecule has 2 aromatic carbocycles. The number of aromatic carboxylic acids is 1. The molecule has 1 N–H and O–H groups in total. The second kappa shape index (κ2) is 5.01. The summed E-state index contributed by atoms with van der Waals surface area (Å²) in [6.07, 6.45) is 0. The van der Waals surface area contributed by atoms with Gasteiger partial charge in [0.05, 0.1) is 10.6 Å². The Morgan fingerprint density at radius 1 is 1.11 bits per heavy atom. The van der Waals surface area contributed by atoms with E-state index in [9.17, 15) is 4.79 Å². The number of carboxylic acid groups (broad SMARTS) is 1. The number of hydrogen-bond donors (Lipinski definition) is 1. The molecule has 0 amide bonds. The number of carboxylic acids is 1. The lowest BCUT2D eigenvalue weighted by molar-refractivity contribution is 0.0697. The van der Waals surface area contributed by atoms with Gasteiger partial charge in [-0.3, -0.25) is 0 Å². The topological polar surface area (TPSA) is 37.3 Å². The predicted octanol–water partition coefficient (Wildman–Crippen LogP) is 4.67. The van der Waals surface area contributed by atoms with E-state index in [4.69, 9.17) is 28.3 Å². The summed E-state index contributed by atoms with van der Waals surface area (Å²) in [6, 6.07) is 10.4. The van der Waals surface area contributed by atoms with Gasteiger partial charge >= 0.3 is 5.97 Å². The highest BCUT2D eigenvalue weighted by Gasteiger charge is 2.10. The molecule has 4 heteroatoms. The Hall–Kier alpha value is -1.51. The number of rotatable bonds is 2. The predicted molar refractivity (Wildman–Crippen MR) is 73.6 cm³/mol. The summed E-state index contributed by atoms with van der Waals surface area (Å²) in [6.45, 7) is 1.94. The van der Waals surface area contributed by atoms with E-state index in [2.05, 4.69) is 0 Å². The van der Waals surface area contributed by atoms with Crippen LogP contribution in [0.25, 0.3) is 11.1 Å². The number of halogens is 2. The first-order valence-corrected chi connectivity index (χ1v) is 6.04. The van der Waals surface area contributed by atoms with Crippen LogP contribution in [-0.2, 0) is 0 Å². The monoisotopic (exact) mass is 280 g/mol. The summed E-state index contributed by atoms with van der Waals surface area (Å²) in [7, 11) is 0. The zero-order valence-corrected chi connectivity index (χ0v) is 11.1. The fourth-order valence-corrected chi connectivity index (χ4v) is 2.30. The van der Waals surface area contributed by atoms with Gasteiger partial charge in [-0.1, -0.05) is 35.3 Å². The van der Waals surface area contributed by atoms with Crippen molar-refractivity contribution in [3.63, 3.8) is 0 Å². The molecule has 92 valence electrons. The van der Waals surface area contributed by atoms with Gasteiger partial charge in [0.15, 0.2) is 0 Å². The maximum atomic E-state index is 10.9. The zero-order chi connectivity index (χ0) is 13.3. The van der Waals surface area contributed by atoms with Crippen LogP contribution in [0.1, 0.15) is 15.9 Å². The largest absolute Gasteiger partial charge is 0.478 e. The smallest absolute Gasteiger partial charge is 0.337 e. The van der Waals surface area contributed by atoms with Crippen LogP contribution in [0.4, 0.5) is 0 Å². The van der Waals surface area contributed by atoms with Crippen molar-refractivity contribution in [2.45, 2.75) is 6.92 Å². The molecular weight excluding hydrogens is 271 g/mol. The van der Waals surface area contributed by atoms with E-state index in [-0.39, 0.29) is 10.6 Å². The average Bonchev–Trinajstić information content (AvgIpc) is 2.28. The van der Waals surface area contributed by atoms with E-state index in [1.54, 1.807) is 18.2 Å². The van der Waals surface area contributed by atoms with E-state index in [1.165, 1.54) is 6.07 Å². The Morgan fingerprint density at radius 2 is 1.83 bits per heavy atom. The molecule has 0 aliphatic carbocycles. The van der Waals surface area contributed by atoms with Crippen molar-refractivity contribution in [1.82, 2.24) is 0 Å². The third-order valence-corrected chi connectivity index (χ3v) is 3.25. The Labute approximate surface area is 115 Å². The van der Waals surface area contributed by atoms with E-state index in [0.717, 1.165) is 16.7 Å². The summed E-state index contributed by atoms with van der Waals surface area (Å²) >= 11 is 11.8. The highest BCUT2D eigenvalue weighted by molar-refractivity contribution is 6.33. The molecule has 0 unspecified atom stereocenters. The first-order valence-electron chi connectivity index (χ1n) is 5.28. The molecule has 18 heavy (non-hydrogen) atoms. The Bertz CT molecular complexity index is 621. The molecule has 0 spiro atoms. The van der Waals surface area contributed by atoms with Gasteiger partial charge in [-0.15, -0.1) is 0 Å². The molecule has 0 saturated carbocycles. The van der Waals surface area contributed by atoms with Crippen molar-refractivity contribution in [1.29, 1.82) is 0 Å². The van der Waals surface area contributed by atoms with Gasteiger partial charge in [-0.05, 0) is 47.9 Å². The van der Waals surface area contributed by atoms with Crippen LogP contribution < -0.4 is 0 Å². The summed E-state index contributed by atoms with van der Waals surface area (Å²) in [5.41, 5.74) is 2.98. The van der Waals surface area contributed by atoms with Crippen molar-refractivity contribution in [2.24, 2.45) is 0 Å². The standard InChI is InChI=1S/C14H10Cl2O2/c1-8-6-10(15)3-5-11(8)9-2-4-12(14(17)18)13(16)7-9/h2-7H,1H3,(H,17,18). The van der Waals surface area contributed by atoms with E-state index >= 15 is 0 Å². The highest BCUT2D eigenvalue weighted by Crippen LogP contribution is 2.29. The summed E-state index contributed by atoms with van der Waals surface area (Å²) in [5, 5.41) is 9.82. The van der Waals surface area contributed by atoms with Gasteiger partial charge in [0.2, 0.25) is 0 Å². The van der Waals surface area contributed by atoms with Gasteiger partial charge in [0, 0.05) is 5.02 Å². The number of hydrogen-bond acceptors (Lipinski definition) is 1. The van der Waals surface area contributed by atoms with E-state index in [0.29, 0.717) is 5.02 Å². The molecule has 0 atom stereocenters. The van der Waals surface area contributed by atoms with Gasteiger partial charge in [0.25, 0.3) is 0 Å². The average molecular weight is 281 g/mol. The van der Waals surface area contributed by atoms with Gasteiger partial charge in [0.1, 0.15) is 0 Å². The van der Waals surface area contributed by atoms with Crippen molar-refractivity contribution >= 4 is 29.2 Å². The Morgan fingerprint density at radius 3 is 2.39 bits per heavy atom. The van der Waals surface area contributed by atoms with Crippen molar-refractivity contribution < 1.29 is 9.90 Å². The quantitative estimate of drug-likeness (QED) is 0.868. The number of benzene rings is 2. The molecule has 2 nitrogen and oxygen atoms in total. The summed E-state index contributed by atoms with van der Waals surface area (Å²) < 4.78 is 0. The van der Waals surface area contributed by atoms with Gasteiger partial charge in [-0.25, -0.2) is 4.79 Å². The fourth-order valence-electron chi connectivity index (χ4n) is 1.81. The Kier molecular flexibility index (Phi) is 3.60. The Balaban J connectivity index is 2.52. The zero-order valence-electron chi connectivity index (χ0n) is 9.58. The minimum absolute atomic E-state index is 0.104. The summed E-state index contributed by atoms with van der Waals surface area (Å²) in [4.78, 5) is 10.9. The third-order valence-electron chi connectivity index (χ3n) is 2.70. The minimum Gasteiger partial charge on any atom is -0.478 e. The van der Waals surface area contributed by atoms with Crippen molar-refractivity contribution in [3.05, 3.63) is 57.6 Å². The maximum Gasteiger partial charge on any atom is 0.337 e. The van der Waals surface area contributed by atoms with Crippen LogP contribution in [0.2, 0.25) is 10.0 Å². The van der Waals surface area contributed by atoms with Crippen LogP contribution in [0.3, 0.4) is 0 Å². The van der Waals surface area contributed by atoms with Crippen LogP contribution in [-0.4, -0.2) is 11.1 Å². The first kappa shape index (κ1) is 12.9. The molecule has 0 aliphatic rings. The fraction of sp³-hybridized carbons (Fsp3) is 0.0714. The number of aryl methyl sites for hydroxylation is 1. The van der Waals surface area contributed by atoms with Crippen LogP contribution in [0, 0.1) is 6.92 Å². The molecule has 0 radical (unpaired) electrons. The molecule has 0 bridgehead atoms. The lowest BCUT2D eigenvalue weighted by Gasteiger charge is -2.08. The van der Waals surface area contributed by atoms with Crippen LogP contribution in [0.15, 0.2) is 36.4 Å². The summed E-state index contributed by atoms with van der Waals surface area (Å²) in [5.74, 6) is -1.03. The SMILES string of the molecule is Cc1cc(Cl)ccc1-c1ccc(C(=O)O)c(Cl)c1. The molecule has 0 heterocycles. The van der Waals surface area contributed by atoms with Crippen LogP contribution in [0.5, 0.6) is 0 Å². The van der Waals surface area contributed by atoms with Crippen molar-refractivity contribution in [2.75, 3.05) is 0 Å². The highest BCUT2D eigenvalue weighted by atomic mass is 35.5. The normalized spacial score (nSPS) is 10.4. The molecule has 0 aromatic heterocycles. The van der Waals surface area contributed by atoms with Crippen molar-refractivity contribution in [3.8, 4) is 11.1 Å². The lowest BCUT2D eigenvalue weighted by Crippen LogP contribution is -1.97. The van der Waals surface area contributed by atoms with Crippen LogP contribution >= 0.6 is 23.2 Å². The molecule has 0 fully saturated rings. The van der Waals surface area contributed by atoms with E-state index in [1.807, 2.05) is 19.1 Å². The second-order valence-corrected chi connectivity index (χ2v) is 4.80. The van der Waals surface area contributed by atoms with E-state index < -0.39 is 5.97 Å². The molecule has 0 aliphatic heterocycles. The van der Waals surface area contributed by atoms with Gasteiger partial charge in [-0.2, -0.15) is 0 Å². The van der Waals surface area contributed by atoms with Gasteiger partial charge < -0.3 is 5.11 Å². The number of carbonyl (C=O) groups is 1. The second-order valence-electron chi connectivity index (χ2n) is 3.96. The maximum absolute atomic E-state index is 10.9. The molecule has 0 saturated heterocycles. The molecule has 2 rings (SSSR count). The third kappa shape index (κ3) is 2.50. The minimum atomic E-state index is -1.03. The molecule has 2 aromatic rings. The first-order chi connectivity index (χ1) is 8.49.